The zero-order valence-electron chi connectivity index (χ0n) is 13.7. The molecule has 0 saturated carbocycles. The van der Waals surface area contributed by atoms with Crippen LogP contribution in [0.1, 0.15) is 24.3 Å². The van der Waals surface area contributed by atoms with Crippen molar-refractivity contribution in [2.75, 3.05) is 20.1 Å². The lowest BCUT2D eigenvalue weighted by Crippen LogP contribution is -2.38. The standard InChI is InChI=1S/C18H22N2O3S/c1-3-4-7-10-20(2)17(21)14(11-19-18(22)23)15-12-24-16-9-6-5-8-13(15)16/h3,5-6,8-9,12,14,19H,1,4,7,10-11H2,2H3,(H,22,23). The van der Waals surface area contributed by atoms with Gasteiger partial charge in [-0.1, -0.05) is 24.3 Å². The Balaban J connectivity index is 2.25. The Labute approximate surface area is 145 Å². The van der Waals surface area contributed by atoms with E-state index in [1.807, 2.05) is 35.7 Å². The van der Waals surface area contributed by atoms with Crippen molar-refractivity contribution >= 4 is 33.4 Å². The summed E-state index contributed by atoms with van der Waals surface area (Å²) in [6.45, 7) is 4.38. The second-order valence-corrected chi connectivity index (χ2v) is 6.53. The summed E-state index contributed by atoms with van der Waals surface area (Å²) in [6, 6.07) is 7.86. The van der Waals surface area contributed by atoms with Gasteiger partial charge in [0.1, 0.15) is 0 Å². The molecule has 1 aromatic heterocycles. The lowest BCUT2D eigenvalue weighted by atomic mass is 9.96. The minimum Gasteiger partial charge on any atom is -0.465 e. The monoisotopic (exact) mass is 346 g/mol. The van der Waals surface area contributed by atoms with Gasteiger partial charge in [0.05, 0.1) is 5.92 Å². The molecule has 2 aromatic rings. The summed E-state index contributed by atoms with van der Waals surface area (Å²) < 4.78 is 1.09. The average molecular weight is 346 g/mol. The zero-order valence-corrected chi connectivity index (χ0v) is 14.5. The molecule has 1 aromatic carbocycles. The number of thiophene rings is 1. The van der Waals surface area contributed by atoms with Gasteiger partial charge in [-0.15, -0.1) is 17.9 Å². The largest absolute Gasteiger partial charge is 0.465 e. The van der Waals surface area contributed by atoms with E-state index in [9.17, 15) is 9.59 Å². The SMILES string of the molecule is C=CCCCN(C)C(=O)C(CNC(=O)O)c1csc2ccccc12. The van der Waals surface area contributed by atoms with Gasteiger partial charge in [0, 0.05) is 24.8 Å². The van der Waals surface area contributed by atoms with E-state index < -0.39 is 12.0 Å². The Morgan fingerprint density at radius 1 is 1.42 bits per heavy atom. The lowest BCUT2D eigenvalue weighted by molar-refractivity contribution is -0.131. The van der Waals surface area contributed by atoms with Crippen molar-refractivity contribution in [1.29, 1.82) is 0 Å². The molecule has 0 aliphatic heterocycles. The number of rotatable bonds is 8. The Kier molecular flexibility index (Phi) is 6.37. The van der Waals surface area contributed by atoms with Crippen LogP contribution in [0, 0.1) is 0 Å². The van der Waals surface area contributed by atoms with Crippen LogP contribution in [0.25, 0.3) is 10.1 Å². The predicted octanol–water partition coefficient (Wildman–Crippen LogP) is 3.68. The number of unbranched alkanes of at least 4 members (excludes halogenated alkanes) is 1. The van der Waals surface area contributed by atoms with Gasteiger partial charge >= 0.3 is 6.09 Å². The number of allylic oxidation sites excluding steroid dienone is 1. The molecule has 0 spiro atoms. The Hall–Kier alpha value is -2.34. The van der Waals surface area contributed by atoms with E-state index in [4.69, 9.17) is 5.11 Å². The van der Waals surface area contributed by atoms with Gasteiger partial charge in [-0.2, -0.15) is 0 Å². The number of carbonyl (C=O) groups is 2. The van der Waals surface area contributed by atoms with Gasteiger partial charge in [0.15, 0.2) is 0 Å². The van der Waals surface area contributed by atoms with Crippen molar-refractivity contribution in [3.63, 3.8) is 0 Å². The molecule has 128 valence electrons. The number of benzene rings is 1. The van der Waals surface area contributed by atoms with E-state index in [0.717, 1.165) is 28.5 Å². The second kappa shape index (κ2) is 8.49. The smallest absolute Gasteiger partial charge is 0.404 e. The van der Waals surface area contributed by atoms with Crippen LogP contribution in [-0.4, -0.2) is 42.1 Å². The maximum absolute atomic E-state index is 12.9. The molecule has 1 heterocycles. The van der Waals surface area contributed by atoms with E-state index in [2.05, 4.69) is 11.9 Å². The Morgan fingerprint density at radius 2 is 2.17 bits per heavy atom. The maximum Gasteiger partial charge on any atom is 0.404 e. The van der Waals surface area contributed by atoms with Crippen molar-refractivity contribution in [3.8, 4) is 0 Å². The summed E-state index contributed by atoms with van der Waals surface area (Å²) >= 11 is 1.57. The molecule has 0 bridgehead atoms. The van der Waals surface area contributed by atoms with Crippen LogP contribution in [-0.2, 0) is 4.79 Å². The quantitative estimate of drug-likeness (QED) is 0.566. The molecule has 24 heavy (non-hydrogen) atoms. The van der Waals surface area contributed by atoms with Crippen LogP contribution in [0.3, 0.4) is 0 Å². The van der Waals surface area contributed by atoms with Gasteiger partial charge in [0.2, 0.25) is 5.91 Å². The number of carboxylic acid groups (broad SMARTS) is 1. The Morgan fingerprint density at radius 3 is 2.88 bits per heavy atom. The average Bonchev–Trinajstić information content (AvgIpc) is 2.99. The highest BCUT2D eigenvalue weighted by molar-refractivity contribution is 7.17. The molecule has 5 nitrogen and oxygen atoms in total. The van der Waals surface area contributed by atoms with Crippen LogP contribution in [0.5, 0.6) is 0 Å². The molecule has 0 fully saturated rings. The minimum atomic E-state index is -1.12. The highest BCUT2D eigenvalue weighted by atomic mass is 32.1. The summed E-state index contributed by atoms with van der Waals surface area (Å²) in [4.78, 5) is 25.4. The first-order valence-corrected chi connectivity index (χ1v) is 8.71. The number of amides is 2. The molecule has 0 radical (unpaired) electrons. The van der Waals surface area contributed by atoms with Gasteiger partial charge in [-0.25, -0.2) is 4.79 Å². The summed E-state index contributed by atoms with van der Waals surface area (Å²) in [5, 5.41) is 14.2. The van der Waals surface area contributed by atoms with Crippen molar-refractivity contribution in [2.24, 2.45) is 0 Å². The number of nitrogens with one attached hydrogen (secondary N) is 1. The van der Waals surface area contributed by atoms with E-state index in [1.165, 1.54) is 0 Å². The summed E-state index contributed by atoms with van der Waals surface area (Å²) in [6.07, 6.45) is 2.39. The molecular weight excluding hydrogens is 324 g/mol. The number of nitrogens with zero attached hydrogens (tertiary/aromatic N) is 1. The van der Waals surface area contributed by atoms with E-state index in [-0.39, 0.29) is 12.5 Å². The maximum atomic E-state index is 12.9. The topological polar surface area (TPSA) is 69.6 Å². The molecule has 2 rings (SSSR count). The molecule has 0 saturated heterocycles. The third-order valence-corrected chi connectivity index (χ3v) is 4.90. The number of fused-ring (bicyclic) bond motifs is 1. The van der Waals surface area contributed by atoms with E-state index >= 15 is 0 Å². The Bertz CT molecular complexity index is 726. The lowest BCUT2D eigenvalue weighted by Gasteiger charge is -2.23. The van der Waals surface area contributed by atoms with Crippen LogP contribution in [0.4, 0.5) is 4.79 Å². The molecule has 0 aliphatic carbocycles. The second-order valence-electron chi connectivity index (χ2n) is 5.62. The van der Waals surface area contributed by atoms with E-state index in [1.54, 1.807) is 23.3 Å². The highest BCUT2D eigenvalue weighted by Crippen LogP contribution is 2.32. The predicted molar refractivity (Wildman–Crippen MR) is 97.7 cm³/mol. The van der Waals surface area contributed by atoms with Gasteiger partial charge < -0.3 is 15.3 Å². The van der Waals surface area contributed by atoms with Crippen molar-refractivity contribution in [1.82, 2.24) is 10.2 Å². The fourth-order valence-electron chi connectivity index (χ4n) is 2.64. The van der Waals surface area contributed by atoms with Gasteiger partial charge in [-0.05, 0) is 35.2 Å². The molecule has 1 unspecified atom stereocenters. The molecular formula is C18H22N2O3S. The van der Waals surface area contributed by atoms with Crippen LogP contribution >= 0.6 is 11.3 Å². The van der Waals surface area contributed by atoms with Crippen LogP contribution < -0.4 is 5.32 Å². The first-order chi connectivity index (χ1) is 11.5. The van der Waals surface area contributed by atoms with Crippen molar-refractivity contribution in [2.45, 2.75) is 18.8 Å². The molecule has 0 aliphatic rings. The van der Waals surface area contributed by atoms with E-state index in [0.29, 0.717) is 6.54 Å². The number of likely N-dealkylation sites (N-methyl/N-ethyl adjacent to an activating group) is 1. The number of carbonyl (C=O) groups excluding carboxylic acids is 1. The number of hydrogen-bond donors (Lipinski definition) is 2. The fourth-order valence-corrected chi connectivity index (χ4v) is 3.65. The minimum absolute atomic E-state index is 0.0701. The number of hydrogen-bond acceptors (Lipinski definition) is 3. The van der Waals surface area contributed by atoms with Crippen LogP contribution in [0.15, 0.2) is 42.3 Å². The first kappa shape index (κ1) is 18.0. The zero-order chi connectivity index (χ0) is 17.5. The molecule has 6 heteroatoms. The van der Waals surface area contributed by atoms with Gasteiger partial charge in [-0.3, -0.25) is 4.79 Å². The fraction of sp³-hybridized carbons (Fsp3) is 0.333. The highest BCUT2D eigenvalue weighted by Gasteiger charge is 2.26. The summed E-state index contributed by atoms with van der Waals surface area (Å²) in [5.41, 5.74) is 0.880. The third-order valence-electron chi connectivity index (χ3n) is 3.92. The molecule has 1 atom stereocenters. The van der Waals surface area contributed by atoms with Crippen molar-refractivity contribution in [3.05, 3.63) is 47.9 Å². The normalized spacial score (nSPS) is 11.9. The first-order valence-electron chi connectivity index (χ1n) is 7.83. The van der Waals surface area contributed by atoms with Crippen molar-refractivity contribution < 1.29 is 14.7 Å². The summed E-state index contributed by atoms with van der Waals surface area (Å²) in [5.74, 6) is -0.595. The van der Waals surface area contributed by atoms with Gasteiger partial charge in [0.25, 0.3) is 0 Å². The van der Waals surface area contributed by atoms with Crippen LogP contribution in [0.2, 0.25) is 0 Å². The third kappa shape index (κ3) is 4.35. The molecule has 2 N–H and O–H groups in total. The molecule has 2 amide bonds. The summed E-state index contributed by atoms with van der Waals surface area (Å²) in [7, 11) is 1.76.